The zero-order valence-electron chi connectivity index (χ0n) is 25.2. The Morgan fingerprint density at radius 1 is 1.05 bits per heavy atom. The van der Waals surface area contributed by atoms with Gasteiger partial charge in [-0.25, -0.2) is 4.99 Å². The van der Waals surface area contributed by atoms with Crippen LogP contribution in [0.3, 0.4) is 0 Å². The molecule has 0 spiro atoms. The molecule has 228 valence electrons. The maximum atomic E-state index is 13.8. The number of nitrogens with one attached hydrogen (secondary N) is 2. The summed E-state index contributed by atoms with van der Waals surface area (Å²) in [5.74, 6) is -0.796. The molecule has 2 amide bonds. The van der Waals surface area contributed by atoms with Crippen LogP contribution in [-0.2, 0) is 36.8 Å². The Morgan fingerprint density at radius 2 is 1.74 bits per heavy atom. The zero-order chi connectivity index (χ0) is 30.6. The number of benzene rings is 2. The van der Waals surface area contributed by atoms with Crippen LogP contribution < -0.4 is 15.4 Å². The fourth-order valence-electron chi connectivity index (χ4n) is 6.07. The van der Waals surface area contributed by atoms with E-state index in [2.05, 4.69) is 15.6 Å². The second kappa shape index (κ2) is 13.2. The third-order valence-corrected chi connectivity index (χ3v) is 8.93. The van der Waals surface area contributed by atoms with Crippen LogP contribution in [-0.4, -0.2) is 60.5 Å². The highest BCUT2D eigenvalue weighted by Gasteiger charge is 2.50. The number of carbonyl (C=O) groups excluding carboxylic acids is 4. The molecule has 1 saturated heterocycles. The van der Waals surface area contributed by atoms with Gasteiger partial charge in [-0.15, -0.1) is 0 Å². The molecule has 2 aromatic rings. The third kappa shape index (κ3) is 7.57. The number of methoxy groups -OCH3 is 1. The molecule has 2 fully saturated rings. The SMILES string of the molecule is COc1ccc(C[C@H](CC(=O)[C@@H](C)NC(=O)C2=Nc3ccccc3C2)C(=O)N[C@@H](CC2CCCC2)C(=O)[C@@]2(C)CO2)cc1. The van der Waals surface area contributed by atoms with Gasteiger partial charge in [-0.2, -0.15) is 0 Å². The second-order valence-electron chi connectivity index (χ2n) is 12.3. The van der Waals surface area contributed by atoms with E-state index in [0.29, 0.717) is 43.2 Å². The van der Waals surface area contributed by atoms with Gasteiger partial charge in [-0.1, -0.05) is 56.0 Å². The van der Waals surface area contributed by atoms with Crippen molar-refractivity contribution >= 4 is 34.8 Å². The molecular weight excluding hydrogens is 546 g/mol. The molecule has 1 aliphatic carbocycles. The van der Waals surface area contributed by atoms with E-state index in [9.17, 15) is 19.2 Å². The Hall–Kier alpha value is -3.85. The lowest BCUT2D eigenvalue weighted by Crippen LogP contribution is -2.50. The van der Waals surface area contributed by atoms with Crippen LogP contribution in [0, 0.1) is 11.8 Å². The normalized spacial score (nSPS) is 21.2. The highest BCUT2D eigenvalue weighted by Crippen LogP contribution is 2.34. The molecular formula is C34H41N3O6. The zero-order valence-corrected chi connectivity index (χ0v) is 25.2. The first-order chi connectivity index (χ1) is 20.6. The molecule has 4 atom stereocenters. The minimum Gasteiger partial charge on any atom is -0.497 e. The maximum Gasteiger partial charge on any atom is 0.266 e. The average Bonchev–Trinajstić information content (AvgIpc) is 3.36. The Morgan fingerprint density at radius 3 is 2.40 bits per heavy atom. The number of hydrogen-bond acceptors (Lipinski definition) is 7. The molecule has 0 bridgehead atoms. The first-order valence-electron chi connectivity index (χ1n) is 15.3. The number of rotatable bonds is 14. The van der Waals surface area contributed by atoms with E-state index in [-0.39, 0.29) is 23.9 Å². The molecule has 0 unspecified atom stereocenters. The summed E-state index contributed by atoms with van der Waals surface area (Å²) < 4.78 is 10.7. The average molecular weight is 588 g/mol. The van der Waals surface area contributed by atoms with Gasteiger partial charge < -0.3 is 20.1 Å². The number of amides is 2. The molecule has 0 radical (unpaired) electrons. The minimum absolute atomic E-state index is 0.0931. The van der Waals surface area contributed by atoms with Gasteiger partial charge in [-0.05, 0) is 61.9 Å². The van der Waals surface area contributed by atoms with E-state index in [0.717, 1.165) is 42.5 Å². The van der Waals surface area contributed by atoms with Crippen LogP contribution in [0.15, 0.2) is 53.5 Å². The summed E-state index contributed by atoms with van der Waals surface area (Å²) in [5.41, 5.74) is 2.08. The first-order valence-corrected chi connectivity index (χ1v) is 15.3. The van der Waals surface area contributed by atoms with Crippen molar-refractivity contribution in [2.24, 2.45) is 16.8 Å². The standard InChI is InChI=1S/C34H41N3O6/c1-21(35-33(41)29-18-24-10-6-7-11-27(24)36-29)30(38)19-25(16-23-12-14-26(42-3)15-13-23)32(40)37-28(17-22-8-4-5-9-22)31(39)34(2)20-43-34/h6-7,10-15,21-22,25,28H,4-5,8-9,16-20H2,1-3H3,(H,35,41)(H,37,40)/t21-,25-,28+,34-/m1/s1. The summed E-state index contributed by atoms with van der Waals surface area (Å²) in [6.45, 7) is 3.74. The van der Waals surface area contributed by atoms with Gasteiger partial charge in [0.2, 0.25) is 5.91 Å². The number of hydrogen-bond donors (Lipinski definition) is 2. The van der Waals surface area contributed by atoms with Gasteiger partial charge in [0.05, 0.1) is 31.5 Å². The van der Waals surface area contributed by atoms with Crippen molar-refractivity contribution in [2.75, 3.05) is 13.7 Å². The van der Waals surface area contributed by atoms with E-state index in [4.69, 9.17) is 9.47 Å². The number of ether oxygens (including phenoxy) is 2. The predicted octanol–water partition coefficient (Wildman–Crippen LogP) is 4.07. The fourth-order valence-corrected chi connectivity index (χ4v) is 6.07. The molecule has 3 aliphatic rings. The van der Waals surface area contributed by atoms with Crippen molar-refractivity contribution in [3.8, 4) is 5.75 Å². The lowest BCUT2D eigenvalue weighted by Gasteiger charge is -2.26. The molecule has 43 heavy (non-hydrogen) atoms. The van der Waals surface area contributed by atoms with E-state index in [1.165, 1.54) is 0 Å². The lowest BCUT2D eigenvalue weighted by atomic mass is 9.88. The van der Waals surface area contributed by atoms with Crippen LogP contribution in [0.25, 0.3) is 0 Å². The van der Waals surface area contributed by atoms with E-state index in [1.807, 2.05) is 48.5 Å². The Kier molecular flexibility index (Phi) is 9.40. The highest BCUT2D eigenvalue weighted by atomic mass is 16.6. The largest absolute Gasteiger partial charge is 0.497 e. The third-order valence-electron chi connectivity index (χ3n) is 8.93. The monoisotopic (exact) mass is 587 g/mol. The molecule has 5 rings (SSSR count). The number of ketones is 2. The number of fused-ring (bicyclic) bond motifs is 1. The lowest BCUT2D eigenvalue weighted by molar-refractivity contribution is -0.134. The summed E-state index contributed by atoms with van der Waals surface area (Å²) in [7, 11) is 1.58. The van der Waals surface area contributed by atoms with E-state index >= 15 is 0 Å². The molecule has 0 aromatic heterocycles. The van der Waals surface area contributed by atoms with Gasteiger partial charge in [0, 0.05) is 18.8 Å². The molecule has 2 heterocycles. The van der Waals surface area contributed by atoms with Crippen LogP contribution in [0.4, 0.5) is 5.69 Å². The fraction of sp³-hybridized carbons (Fsp3) is 0.500. The summed E-state index contributed by atoms with van der Waals surface area (Å²) in [5, 5.41) is 5.80. The number of para-hydroxylation sites is 1. The van der Waals surface area contributed by atoms with E-state index in [1.54, 1.807) is 21.0 Å². The Labute approximate surface area is 252 Å². The van der Waals surface area contributed by atoms with E-state index < -0.39 is 29.5 Å². The second-order valence-corrected chi connectivity index (χ2v) is 12.3. The molecule has 2 aromatic carbocycles. The van der Waals surface area contributed by atoms with Gasteiger partial charge in [0.15, 0.2) is 11.6 Å². The predicted molar refractivity (Wildman–Crippen MR) is 163 cm³/mol. The number of aliphatic imine (C=N–C) groups is 1. The number of nitrogens with zero attached hydrogens (tertiary/aromatic N) is 1. The quantitative estimate of drug-likeness (QED) is 0.321. The summed E-state index contributed by atoms with van der Waals surface area (Å²) in [6.07, 6.45) is 5.52. The van der Waals surface area contributed by atoms with Crippen LogP contribution in [0.2, 0.25) is 0 Å². The molecule has 2 aliphatic heterocycles. The summed E-state index contributed by atoms with van der Waals surface area (Å²) >= 11 is 0. The van der Waals surface area contributed by atoms with Crippen LogP contribution >= 0.6 is 0 Å². The van der Waals surface area contributed by atoms with Crippen molar-refractivity contribution in [3.63, 3.8) is 0 Å². The van der Waals surface area contributed by atoms with Gasteiger partial charge in [0.1, 0.15) is 17.1 Å². The maximum absolute atomic E-state index is 13.8. The van der Waals surface area contributed by atoms with Gasteiger partial charge in [0.25, 0.3) is 5.91 Å². The molecule has 1 saturated carbocycles. The van der Waals surface area contributed by atoms with Gasteiger partial charge >= 0.3 is 0 Å². The van der Waals surface area contributed by atoms with Crippen molar-refractivity contribution in [2.45, 2.75) is 82.9 Å². The van der Waals surface area contributed by atoms with Crippen molar-refractivity contribution in [3.05, 3.63) is 59.7 Å². The molecule has 9 heteroatoms. The number of epoxide rings is 1. The van der Waals surface area contributed by atoms with Gasteiger partial charge in [-0.3, -0.25) is 19.2 Å². The topological polar surface area (TPSA) is 126 Å². The summed E-state index contributed by atoms with van der Waals surface area (Å²) in [6, 6.07) is 13.4. The molecule has 2 N–H and O–H groups in total. The minimum atomic E-state index is -0.862. The van der Waals surface area contributed by atoms with Crippen molar-refractivity contribution in [1.29, 1.82) is 0 Å². The van der Waals surface area contributed by atoms with Crippen LogP contribution in [0.1, 0.15) is 63.5 Å². The molecule has 9 nitrogen and oxygen atoms in total. The number of carbonyl (C=O) groups is 4. The number of Topliss-reactive ketones (excluding diaryl/α,β-unsaturated/α-hetero) is 2. The Balaban J connectivity index is 1.28. The van der Waals surface area contributed by atoms with Crippen molar-refractivity contribution < 1.29 is 28.7 Å². The van der Waals surface area contributed by atoms with Crippen molar-refractivity contribution in [1.82, 2.24) is 10.6 Å². The van der Waals surface area contributed by atoms with Crippen LogP contribution in [0.5, 0.6) is 5.75 Å². The first kappa shape index (κ1) is 30.6. The summed E-state index contributed by atoms with van der Waals surface area (Å²) in [4.78, 5) is 58.0. The highest BCUT2D eigenvalue weighted by molar-refractivity contribution is 6.41. The Bertz CT molecular complexity index is 1390. The smallest absolute Gasteiger partial charge is 0.266 e.